The molecule has 0 amide bonds. The van der Waals surface area contributed by atoms with Gasteiger partial charge in [0, 0.05) is 29.9 Å². The van der Waals surface area contributed by atoms with Crippen molar-refractivity contribution in [2.45, 2.75) is 104 Å². The molecule has 2 aromatic rings. The Balaban J connectivity index is 1.08. The summed E-state index contributed by atoms with van der Waals surface area (Å²) in [5.41, 5.74) is 9.08. The van der Waals surface area contributed by atoms with Crippen LogP contribution in [0.3, 0.4) is 0 Å². The summed E-state index contributed by atoms with van der Waals surface area (Å²) in [4.78, 5) is 27.8. The molecule has 1 aromatic carbocycles. The average molecular weight is 549 g/mol. The minimum absolute atomic E-state index is 0.0299. The summed E-state index contributed by atoms with van der Waals surface area (Å²) in [7, 11) is 0. The van der Waals surface area contributed by atoms with Crippen LogP contribution in [0.25, 0.3) is 10.9 Å². The Bertz CT molecular complexity index is 1260. The lowest BCUT2D eigenvalue weighted by molar-refractivity contribution is -0.164. The van der Waals surface area contributed by atoms with Gasteiger partial charge in [-0.05, 0) is 116 Å². The van der Waals surface area contributed by atoms with Crippen LogP contribution in [0.5, 0.6) is 0 Å². The van der Waals surface area contributed by atoms with Gasteiger partial charge in [0.25, 0.3) is 0 Å². The van der Waals surface area contributed by atoms with Crippen molar-refractivity contribution in [3.05, 3.63) is 36.0 Å². The molecular formula is C34H48N2O4. The molecule has 6 rings (SSSR count). The number of benzene rings is 1. The number of nitrogens with one attached hydrogen (secondary N) is 1. The molecule has 218 valence electrons. The molecule has 4 aliphatic carbocycles. The molecule has 0 bridgehead atoms. The van der Waals surface area contributed by atoms with E-state index in [1.807, 2.05) is 24.4 Å². The molecule has 4 fully saturated rings. The van der Waals surface area contributed by atoms with E-state index in [2.05, 4.69) is 31.8 Å². The van der Waals surface area contributed by atoms with Crippen molar-refractivity contribution in [2.75, 3.05) is 0 Å². The molecule has 4 aliphatic rings. The first-order valence-electron chi connectivity index (χ1n) is 15.8. The summed E-state index contributed by atoms with van der Waals surface area (Å²) in [6.45, 7) is 7.21. The monoisotopic (exact) mass is 548 g/mol. The van der Waals surface area contributed by atoms with Gasteiger partial charge in [-0.15, -0.1) is 0 Å². The number of H-pyrrole nitrogens is 1. The molecule has 10 atom stereocenters. The van der Waals surface area contributed by atoms with E-state index in [4.69, 9.17) is 10.5 Å². The molecule has 0 radical (unpaired) electrons. The molecule has 6 heteroatoms. The quantitative estimate of drug-likeness (QED) is 0.333. The van der Waals surface area contributed by atoms with Gasteiger partial charge in [-0.3, -0.25) is 9.59 Å². The highest BCUT2D eigenvalue weighted by atomic mass is 16.5. The number of hydrogen-bond acceptors (Lipinski definition) is 4. The largest absolute Gasteiger partial charge is 0.481 e. The third-order valence-corrected chi connectivity index (χ3v) is 12.6. The Morgan fingerprint density at radius 1 is 1.05 bits per heavy atom. The fourth-order valence-corrected chi connectivity index (χ4v) is 10.6. The van der Waals surface area contributed by atoms with Crippen LogP contribution in [-0.2, 0) is 20.7 Å². The minimum atomic E-state index is -0.655. The number of aromatic nitrogens is 1. The van der Waals surface area contributed by atoms with Crippen LogP contribution in [-0.4, -0.2) is 34.2 Å². The van der Waals surface area contributed by atoms with Gasteiger partial charge in [0.2, 0.25) is 0 Å². The number of carboxylic acid groups (broad SMARTS) is 1. The van der Waals surface area contributed by atoms with E-state index in [9.17, 15) is 14.7 Å². The summed E-state index contributed by atoms with van der Waals surface area (Å²) in [6.07, 6.45) is 13.2. The molecule has 0 aliphatic heterocycles. The fraction of sp³-hybridized carbons (Fsp3) is 0.706. The Morgan fingerprint density at radius 2 is 1.80 bits per heavy atom. The van der Waals surface area contributed by atoms with E-state index in [1.54, 1.807) is 0 Å². The van der Waals surface area contributed by atoms with E-state index in [-0.39, 0.29) is 23.4 Å². The molecule has 4 saturated carbocycles. The summed E-state index contributed by atoms with van der Waals surface area (Å²) in [6, 6.07) is 7.45. The van der Waals surface area contributed by atoms with Crippen LogP contribution < -0.4 is 5.73 Å². The number of fused-ring (bicyclic) bond motifs is 6. The first-order chi connectivity index (χ1) is 19.1. The van der Waals surface area contributed by atoms with E-state index in [1.165, 1.54) is 38.5 Å². The van der Waals surface area contributed by atoms with Gasteiger partial charge >= 0.3 is 11.9 Å². The number of nitrogens with two attached hydrogens (primary N) is 1. The number of hydrogen-bond donors (Lipinski definition) is 3. The number of esters is 1. The molecule has 0 saturated heterocycles. The lowest BCUT2D eigenvalue weighted by Crippen LogP contribution is -2.54. The number of carbonyl (C=O) groups excluding carboxylic acids is 1. The number of carbonyl (C=O) groups is 2. The minimum Gasteiger partial charge on any atom is -0.481 e. The van der Waals surface area contributed by atoms with Crippen LogP contribution >= 0.6 is 0 Å². The second-order valence-corrected chi connectivity index (χ2v) is 14.5. The molecule has 1 heterocycles. The van der Waals surface area contributed by atoms with Crippen LogP contribution in [0.2, 0.25) is 0 Å². The number of carboxylic acids is 1. The summed E-state index contributed by atoms with van der Waals surface area (Å²) in [5, 5.41) is 10.6. The molecular weight excluding hydrogens is 500 g/mol. The molecule has 0 spiro atoms. The van der Waals surface area contributed by atoms with Crippen molar-refractivity contribution in [3.8, 4) is 0 Å². The predicted molar refractivity (Wildman–Crippen MR) is 156 cm³/mol. The van der Waals surface area contributed by atoms with Crippen molar-refractivity contribution in [1.82, 2.24) is 4.98 Å². The highest BCUT2D eigenvalue weighted by Crippen LogP contribution is 2.68. The first kappa shape index (κ1) is 27.8. The Hall–Kier alpha value is -2.34. The standard InChI is InChI=1S/C34H48N2O4/c1-20(16-31(37)38)26-10-11-27-25-9-8-22-18-23(12-14-33(22,2)28(25)13-15-34(26,27)3)40-32(39)29(35)17-21-19-36-30-7-5-4-6-24(21)30/h4-7,19-20,22-23,25-29,36H,8-18,35H2,1-3H3,(H,37,38)/t20-,22?,23-,25?,26?,27?,28?,29+,33+,34-/m1/s1. The third-order valence-electron chi connectivity index (χ3n) is 12.6. The average Bonchev–Trinajstić information content (AvgIpc) is 3.49. The Labute approximate surface area is 238 Å². The van der Waals surface area contributed by atoms with Gasteiger partial charge in [0.1, 0.15) is 12.1 Å². The van der Waals surface area contributed by atoms with Gasteiger partial charge in [-0.1, -0.05) is 39.0 Å². The zero-order valence-corrected chi connectivity index (χ0v) is 24.5. The maximum atomic E-state index is 13.1. The third kappa shape index (κ3) is 4.68. The summed E-state index contributed by atoms with van der Waals surface area (Å²) < 4.78 is 6.08. The smallest absolute Gasteiger partial charge is 0.323 e. The zero-order chi connectivity index (χ0) is 28.2. The fourth-order valence-electron chi connectivity index (χ4n) is 10.6. The predicted octanol–water partition coefficient (Wildman–Crippen LogP) is 6.72. The Kier molecular flexibility index (Phi) is 7.29. The SMILES string of the molecule is C[C@H](CC(=O)O)C1CCC2C3CCC4C[C@H](OC(=O)[C@@H](N)Cc5c[nH]c6ccccc56)CC[C@]4(C)C3CC[C@@]21C. The van der Waals surface area contributed by atoms with Crippen LogP contribution in [0.4, 0.5) is 0 Å². The van der Waals surface area contributed by atoms with Gasteiger partial charge in [-0.2, -0.15) is 0 Å². The van der Waals surface area contributed by atoms with Gasteiger partial charge in [-0.25, -0.2) is 0 Å². The maximum Gasteiger partial charge on any atom is 0.323 e. The summed E-state index contributed by atoms with van der Waals surface area (Å²) >= 11 is 0. The summed E-state index contributed by atoms with van der Waals surface area (Å²) in [5.74, 6) is 2.67. The van der Waals surface area contributed by atoms with Crippen molar-refractivity contribution in [3.63, 3.8) is 0 Å². The van der Waals surface area contributed by atoms with Crippen molar-refractivity contribution >= 4 is 22.8 Å². The van der Waals surface area contributed by atoms with Crippen LogP contribution in [0.15, 0.2) is 30.5 Å². The highest BCUT2D eigenvalue weighted by molar-refractivity contribution is 5.84. The molecule has 1 aromatic heterocycles. The van der Waals surface area contributed by atoms with E-state index >= 15 is 0 Å². The van der Waals surface area contributed by atoms with Gasteiger partial charge in [0.15, 0.2) is 0 Å². The zero-order valence-electron chi connectivity index (χ0n) is 24.5. The van der Waals surface area contributed by atoms with Crippen molar-refractivity contribution < 1.29 is 19.4 Å². The lowest BCUT2D eigenvalue weighted by Gasteiger charge is -2.61. The second-order valence-electron chi connectivity index (χ2n) is 14.5. The number of aliphatic carboxylic acids is 1. The van der Waals surface area contributed by atoms with Crippen LogP contribution in [0.1, 0.15) is 90.5 Å². The van der Waals surface area contributed by atoms with E-state index in [0.717, 1.165) is 53.5 Å². The van der Waals surface area contributed by atoms with Crippen molar-refractivity contribution in [1.29, 1.82) is 0 Å². The second kappa shape index (κ2) is 10.5. The van der Waals surface area contributed by atoms with E-state index < -0.39 is 12.0 Å². The normalized spacial score (nSPS) is 38.6. The number of rotatable bonds is 7. The van der Waals surface area contributed by atoms with Crippen molar-refractivity contribution in [2.24, 2.45) is 52.1 Å². The molecule has 4 N–H and O–H groups in total. The van der Waals surface area contributed by atoms with Crippen LogP contribution in [0, 0.1) is 46.3 Å². The number of ether oxygens (including phenoxy) is 1. The maximum absolute atomic E-state index is 13.1. The number of aromatic amines is 1. The Morgan fingerprint density at radius 3 is 2.60 bits per heavy atom. The topological polar surface area (TPSA) is 105 Å². The van der Waals surface area contributed by atoms with Gasteiger partial charge in [0.05, 0.1) is 0 Å². The lowest BCUT2D eigenvalue weighted by atomic mass is 9.44. The van der Waals surface area contributed by atoms with E-state index in [0.29, 0.717) is 30.1 Å². The molecule has 6 nitrogen and oxygen atoms in total. The highest BCUT2D eigenvalue weighted by Gasteiger charge is 2.60. The molecule has 40 heavy (non-hydrogen) atoms. The molecule has 5 unspecified atom stereocenters. The number of para-hydroxylation sites is 1. The van der Waals surface area contributed by atoms with Gasteiger partial charge < -0.3 is 20.6 Å². The first-order valence-corrected chi connectivity index (χ1v) is 15.8.